The minimum absolute atomic E-state index is 0.00414. The van der Waals surface area contributed by atoms with Gasteiger partial charge in [0.1, 0.15) is 0 Å². The Kier molecular flexibility index (Phi) is 10.1. The highest BCUT2D eigenvalue weighted by Gasteiger charge is 2.26. The number of carbonyl (C=O) groups excluding carboxylic acids is 3. The Balaban J connectivity index is 1.51. The van der Waals surface area contributed by atoms with E-state index in [1.165, 1.54) is 15.3 Å². The number of amides is 2. The van der Waals surface area contributed by atoms with Crippen molar-refractivity contribution in [1.29, 1.82) is 0 Å². The molecule has 2 atom stereocenters. The van der Waals surface area contributed by atoms with E-state index in [4.69, 9.17) is 10.8 Å². The predicted octanol–water partition coefficient (Wildman–Crippen LogP) is 4.84. The zero-order valence-electron chi connectivity index (χ0n) is 20.8. The molecule has 3 aromatic rings. The first kappa shape index (κ1) is 27.8. The normalized spacial score (nSPS) is 12.5. The molecule has 0 aliphatic carbocycles. The van der Waals surface area contributed by atoms with Crippen molar-refractivity contribution in [1.82, 2.24) is 5.32 Å². The lowest BCUT2D eigenvalue weighted by atomic mass is 9.92. The van der Waals surface area contributed by atoms with Gasteiger partial charge in [-0.15, -0.1) is 11.3 Å². The average molecular weight is 521 g/mol. The van der Waals surface area contributed by atoms with Crippen molar-refractivity contribution in [2.45, 2.75) is 51.5 Å². The van der Waals surface area contributed by atoms with Crippen LogP contribution in [0.3, 0.4) is 0 Å². The molecule has 0 radical (unpaired) electrons. The Morgan fingerprint density at radius 2 is 1.51 bits per heavy atom. The van der Waals surface area contributed by atoms with Crippen molar-refractivity contribution in [3.63, 3.8) is 0 Å². The highest BCUT2D eigenvalue weighted by Crippen LogP contribution is 2.34. The Morgan fingerprint density at radius 1 is 0.892 bits per heavy atom. The molecule has 4 N–H and O–H groups in total. The second-order valence-corrected chi connectivity index (χ2v) is 10.0. The summed E-state index contributed by atoms with van der Waals surface area (Å²) in [5.41, 5.74) is 8.65. The lowest BCUT2D eigenvalue weighted by molar-refractivity contribution is -0.138. The van der Waals surface area contributed by atoms with Crippen LogP contribution < -0.4 is 11.1 Å². The maximum atomic E-state index is 12.6. The van der Waals surface area contributed by atoms with Crippen LogP contribution in [0.2, 0.25) is 0 Å². The highest BCUT2D eigenvalue weighted by atomic mass is 32.1. The molecule has 0 unspecified atom stereocenters. The molecule has 0 fully saturated rings. The number of thiophene rings is 1. The van der Waals surface area contributed by atoms with Crippen molar-refractivity contribution in [2.75, 3.05) is 0 Å². The third-order valence-electron chi connectivity index (χ3n) is 6.23. The number of primary amides is 1. The number of Topliss-reactive ketones (excluding diaryl/α,β-unsaturated/α-hetero) is 1. The molecule has 0 bridgehead atoms. The summed E-state index contributed by atoms with van der Waals surface area (Å²) >= 11 is 1.73. The number of carboxylic acid groups (broad SMARTS) is 1. The largest absolute Gasteiger partial charge is 0.481 e. The van der Waals surface area contributed by atoms with E-state index in [1.807, 2.05) is 42.5 Å². The zero-order valence-corrected chi connectivity index (χ0v) is 21.6. The van der Waals surface area contributed by atoms with E-state index in [0.717, 1.165) is 11.1 Å². The van der Waals surface area contributed by atoms with Gasteiger partial charge in [-0.1, -0.05) is 61.5 Å². The summed E-state index contributed by atoms with van der Waals surface area (Å²) < 4.78 is 0. The number of aliphatic carboxylic acids is 1. The Labute approximate surface area is 220 Å². The summed E-state index contributed by atoms with van der Waals surface area (Å²) in [6.07, 6.45) is 0.684. The lowest BCUT2D eigenvalue weighted by Crippen LogP contribution is -2.42. The van der Waals surface area contributed by atoms with E-state index in [9.17, 15) is 19.2 Å². The van der Waals surface area contributed by atoms with Crippen molar-refractivity contribution in [3.05, 3.63) is 72.3 Å². The predicted molar refractivity (Wildman–Crippen MR) is 145 cm³/mol. The molecule has 1 heterocycles. The van der Waals surface area contributed by atoms with Gasteiger partial charge in [0.05, 0.1) is 6.04 Å². The molecule has 0 aliphatic rings. The topological polar surface area (TPSA) is 127 Å². The van der Waals surface area contributed by atoms with Crippen molar-refractivity contribution >= 4 is 34.9 Å². The fourth-order valence-corrected chi connectivity index (χ4v) is 5.07. The zero-order chi connectivity index (χ0) is 26.8. The van der Waals surface area contributed by atoms with Gasteiger partial charge < -0.3 is 16.2 Å². The molecule has 194 valence electrons. The van der Waals surface area contributed by atoms with Crippen LogP contribution in [0.5, 0.6) is 0 Å². The second kappa shape index (κ2) is 13.5. The van der Waals surface area contributed by atoms with E-state index in [1.54, 1.807) is 18.3 Å². The second-order valence-electron chi connectivity index (χ2n) is 8.96. The van der Waals surface area contributed by atoms with Crippen LogP contribution in [0.25, 0.3) is 20.9 Å². The average Bonchev–Trinajstić information content (AvgIpc) is 3.39. The number of aryl methyl sites for hydroxylation is 1. The van der Waals surface area contributed by atoms with Crippen LogP contribution in [-0.2, 0) is 25.6 Å². The van der Waals surface area contributed by atoms with Crippen molar-refractivity contribution in [3.8, 4) is 20.9 Å². The van der Waals surface area contributed by atoms with Gasteiger partial charge in [-0.05, 0) is 48.1 Å². The smallest absolute Gasteiger partial charge is 0.303 e. The van der Waals surface area contributed by atoms with Gasteiger partial charge in [-0.3, -0.25) is 19.2 Å². The number of nitrogens with one attached hydrogen (secondary N) is 1. The van der Waals surface area contributed by atoms with Gasteiger partial charge in [0.15, 0.2) is 5.78 Å². The summed E-state index contributed by atoms with van der Waals surface area (Å²) in [5, 5.41) is 11.6. The van der Waals surface area contributed by atoms with Crippen LogP contribution in [0.4, 0.5) is 0 Å². The molecule has 0 saturated heterocycles. The van der Waals surface area contributed by atoms with E-state index in [0.29, 0.717) is 12.8 Å². The number of carbonyl (C=O) groups is 4. The molecule has 37 heavy (non-hydrogen) atoms. The van der Waals surface area contributed by atoms with E-state index < -0.39 is 23.8 Å². The number of carboxylic acids is 1. The maximum absolute atomic E-state index is 12.6. The molecule has 0 spiro atoms. The van der Waals surface area contributed by atoms with Gasteiger partial charge in [-0.25, -0.2) is 0 Å². The van der Waals surface area contributed by atoms with Gasteiger partial charge in [-0.2, -0.15) is 0 Å². The molecule has 8 heteroatoms. The lowest BCUT2D eigenvalue weighted by Gasteiger charge is -2.19. The van der Waals surface area contributed by atoms with Gasteiger partial charge in [0, 0.05) is 34.9 Å². The first-order valence-corrected chi connectivity index (χ1v) is 13.2. The van der Waals surface area contributed by atoms with E-state index in [2.05, 4.69) is 29.6 Å². The molecule has 2 amide bonds. The minimum Gasteiger partial charge on any atom is -0.481 e. The molecule has 7 nitrogen and oxygen atoms in total. The molecule has 3 rings (SSSR count). The summed E-state index contributed by atoms with van der Waals surface area (Å²) in [5.74, 6) is -3.20. The van der Waals surface area contributed by atoms with Crippen LogP contribution in [0, 0.1) is 5.92 Å². The fourth-order valence-electron chi connectivity index (χ4n) is 4.05. The quantitative estimate of drug-likeness (QED) is 0.280. The van der Waals surface area contributed by atoms with Crippen LogP contribution in [-0.4, -0.2) is 34.7 Å². The Hall–Kier alpha value is -3.78. The molecule has 0 aliphatic heterocycles. The first-order valence-electron chi connectivity index (χ1n) is 12.3. The summed E-state index contributed by atoms with van der Waals surface area (Å²) in [6.45, 7) is 1.77. The number of benzene rings is 2. The fraction of sp³-hybridized carbons (Fsp3) is 0.310. The van der Waals surface area contributed by atoms with Crippen molar-refractivity contribution < 1.29 is 24.3 Å². The number of nitrogens with two attached hydrogens (primary N) is 1. The molecule has 2 aromatic carbocycles. The summed E-state index contributed by atoms with van der Waals surface area (Å²) in [6, 6.07) is 21.9. The Bertz CT molecular complexity index is 1220. The summed E-state index contributed by atoms with van der Waals surface area (Å²) in [4.78, 5) is 49.9. The highest BCUT2D eigenvalue weighted by molar-refractivity contribution is 7.18. The standard InChI is InChI=1S/C29H32N2O5S/c1-2-23(24(32)18-22(29(30)36)13-17-28(34)35)31-27(33)16-10-19-8-11-21(12-9-19)26-15-14-25(37-26)20-6-4-3-5-7-20/h3-9,11-12,14-15,22-23H,2,10,13,16-18H2,1H3,(H2,30,36)(H,31,33)(H,34,35)/t22-,23+/m1/s1. The number of rotatable bonds is 14. The molecular weight excluding hydrogens is 488 g/mol. The molecular formula is C29H32N2O5S. The van der Waals surface area contributed by atoms with Crippen LogP contribution >= 0.6 is 11.3 Å². The number of hydrogen-bond acceptors (Lipinski definition) is 5. The molecule has 1 aromatic heterocycles. The third kappa shape index (κ3) is 8.39. The SMILES string of the molecule is CC[C@H](NC(=O)CCc1ccc(-c2ccc(-c3ccccc3)s2)cc1)C(=O)C[C@@H](CCC(=O)O)C(N)=O. The minimum atomic E-state index is -1.06. The van der Waals surface area contributed by atoms with Gasteiger partial charge in [0.2, 0.25) is 11.8 Å². The van der Waals surface area contributed by atoms with E-state index >= 15 is 0 Å². The molecule has 0 saturated carbocycles. The number of hydrogen-bond donors (Lipinski definition) is 3. The summed E-state index contributed by atoms with van der Waals surface area (Å²) in [7, 11) is 0. The van der Waals surface area contributed by atoms with Crippen LogP contribution in [0.15, 0.2) is 66.7 Å². The van der Waals surface area contributed by atoms with Crippen LogP contribution in [0.1, 0.15) is 44.6 Å². The number of ketones is 1. The van der Waals surface area contributed by atoms with Crippen molar-refractivity contribution in [2.24, 2.45) is 11.7 Å². The first-order chi connectivity index (χ1) is 17.8. The monoisotopic (exact) mass is 520 g/mol. The van der Waals surface area contributed by atoms with Gasteiger partial charge in [0.25, 0.3) is 0 Å². The van der Waals surface area contributed by atoms with Gasteiger partial charge >= 0.3 is 5.97 Å². The van der Waals surface area contributed by atoms with E-state index in [-0.39, 0.29) is 37.4 Å². The Morgan fingerprint density at radius 3 is 2.08 bits per heavy atom. The maximum Gasteiger partial charge on any atom is 0.303 e. The third-order valence-corrected chi connectivity index (χ3v) is 7.42.